The van der Waals surface area contributed by atoms with Crippen molar-refractivity contribution in [2.45, 2.75) is 19.0 Å². The topological polar surface area (TPSA) is 53.2 Å². The van der Waals surface area contributed by atoms with Crippen LogP contribution in [0, 0.1) is 0 Å². The summed E-state index contributed by atoms with van der Waals surface area (Å²) in [6.45, 7) is 1.67. The number of amides is 1. The SMILES string of the molecule is Cl.Cl.O=C(CC1CSCCN1)Nc1ccc(NCc2ccccc2)c(Cl)c1. The summed E-state index contributed by atoms with van der Waals surface area (Å²) in [5.41, 5.74) is 2.77. The molecule has 2 aromatic rings. The van der Waals surface area contributed by atoms with Crippen LogP contribution in [0.3, 0.4) is 0 Å². The van der Waals surface area contributed by atoms with Gasteiger partial charge in [0.1, 0.15) is 0 Å². The molecule has 1 unspecified atom stereocenters. The quantitative estimate of drug-likeness (QED) is 0.592. The maximum Gasteiger partial charge on any atom is 0.225 e. The first-order chi connectivity index (χ1) is 12.2. The van der Waals surface area contributed by atoms with E-state index in [-0.39, 0.29) is 36.8 Å². The molecule has 0 saturated carbocycles. The first-order valence-electron chi connectivity index (χ1n) is 8.39. The number of hydrogen-bond donors (Lipinski definition) is 3. The highest BCUT2D eigenvalue weighted by molar-refractivity contribution is 7.99. The Kier molecular flexibility index (Phi) is 11.0. The Bertz CT molecular complexity index is 713. The van der Waals surface area contributed by atoms with Crippen LogP contribution in [0.4, 0.5) is 11.4 Å². The monoisotopic (exact) mass is 447 g/mol. The normalized spacial score (nSPS) is 15.8. The van der Waals surface area contributed by atoms with Gasteiger partial charge < -0.3 is 16.0 Å². The third-order valence-corrected chi connectivity index (χ3v) is 5.45. The lowest BCUT2D eigenvalue weighted by atomic mass is 10.2. The molecular formula is C19H24Cl3N3OS. The number of carbonyl (C=O) groups excluding carboxylic acids is 1. The van der Waals surface area contributed by atoms with Gasteiger partial charge in [0.05, 0.1) is 10.7 Å². The third kappa shape index (κ3) is 7.80. The predicted octanol–water partition coefficient (Wildman–Crippen LogP) is 4.83. The van der Waals surface area contributed by atoms with E-state index in [1.807, 2.05) is 42.1 Å². The number of anilines is 2. The molecule has 0 bridgehead atoms. The molecule has 0 aliphatic carbocycles. The molecular weight excluding hydrogens is 425 g/mol. The van der Waals surface area contributed by atoms with Gasteiger partial charge in [-0.15, -0.1) is 24.8 Å². The van der Waals surface area contributed by atoms with Crippen LogP contribution in [0.2, 0.25) is 5.02 Å². The van der Waals surface area contributed by atoms with Crippen LogP contribution in [0.15, 0.2) is 48.5 Å². The highest BCUT2D eigenvalue weighted by atomic mass is 35.5. The highest BCUT2D eigenvalue weighted by Gasteiger charge is 2.16. The van der Waals surface area contributed by atoms with Crippen molar-refractivity contribution in [2.75, 3.05) is 28.7 Å². The molecule has 0 radical (unpaired) electrons. The van der Waals surface area contributed by atoms with Gasteiger partial charge >= 0.3 is 0 Å². The van der Waals surface area contributed by atoms with Gasteiger partial charge in [0.15, 0.2) is 0 Å². The summed E-state index contributed by atoms with van der Waals surface area (Å²) in [4.78, 5) is 12.2. The number of thioether (sulfide) groups is 1. The second-order valence-corrected chi connectivity index (χ2v) is 7.57. The number of nitrogens with one attached hydrogen (secondary N) is 3. The Morgan fingerprint density at radius 3 is 2.63 bits per heavy atom. The van der Waals surface area contributed by atoms with Crippen molar-refractivity contribution >= 4 is 65.5 Å². The van der Waals surface area contributed by atoms with E-state index in [0.717, 1.165) is 29.4 Å². The Morgan fingerprint density at radius 1 is 1.19 bits per heavy atom. The van der Waals surface area contributed by atoms with E-state index in [1.54, 1.807) is 6.07 Å². The fourth-order valence-corrected chi connectivity index (χ4v) is 3.91. The minimum Gasteiger partial charge on any atom is -0.380 e. The molecule has 1 saturated heterocycles. The van der Waals surface area contributed by atoms with Crippen LogP contribution in [-0.4, -0.2) is 30.0 Å². The summed E-state index contributed by atoms with van der Waals surface area (Å²) in [7, 11) is 0. The fourth-order valence-electron chi connectivity index (χ4n) is 2.72. The number of rotatable bonds is 6. The first-order valence-corrected chi connectivity index (χ1v) is 9.92. The lowest BCUT2D eigenvalue weighted by molar-refractivity contribution is -0.116. The fraction of sp³-hybridized carbons (Fsp3) is 0.316. The molecule has 0 spiro atoms. The van der Waals surface area contributed by atoms with E-state index >= 15 is 0 Å². The summed E-state index contributed by atoms with van der Waals surface area (Å²) in [6.07, 6.45) is 0.485. The number of benzene rings is 2. The molecule has 1 amide bonds. The smallest absolute Gasteiger partial charge is 0.225 e. The zero-order valence-electron chi connectivity index (χ0n) is 14.7. The zero-order chi connectivity index (χ0) is 17.5. The van der Waals surface area contributed by atoms with Crippen molar-refractivity contribution in [3.8, 4) is 0 Å². The Hall–Kier alpha value is -1.11. The largest absolute Gasteiger partial charge is 0.380 e. The molecule has 148 valence electrons. The molecule has 1 aliphatic rings. The van der Waals surface area contributed by atoms with Crippen molar-refractivity contribution < 1.29 is 4.79 Å². The molecule has 3 rings (SSSR count). The van der Waals surface area contributed by atoms with Crippen molar-refractivity contribution in [2.24, 2.45) is 0 Å². The van der Waals surface area contributed by atoms with E-state index in [4.69, 9.17) is 11.6 Å². The van der Waals surface area contributed by atoms with Crippen molar-refractivity contribution in [1.82, 2.24) is 5.32 Å². The molecule has 2 aromatic carbocycles. The van der Waals surface area contributed by atoms with Gasteiger partial charge in [-0.05, 0) is 23.8 Å². The Morgan fingerprint density at radius 2 is 1.96 bits per heavy atom. The summed E-state index contributed by atoms with van der Waals surface area (Å²) in [5, 5.41) is 10.2. The second-order valence-electron chi connectivity index (χ2n) is 6.01. The van der Waals surface area contributed by atoms with Gasteiger partial charge in [0.2, 0.25) is 5.91 Å². The standard InChI is InChI=1S/C19H22ClN3OS.2ClH/c20-17-10-15(23-19(24)11-16-13-25-9-8-21-16)6-7-18(17)22-12-14-4-2-1-3-5-14;;/h1-7,10,16,21-22H,8-9,11-13H2,(H,23,24);2*1H. The molecule has 3 N–H and O–H groups in total. The van der Waals surface area contributed by atoms with Crippen molar-refractivity contribution in [3.63, 3.8) is 0 Å². The minimum absolute atomic E-state index is 0. The number of carbonyl (C=O) groups is 1. The molecule has 1 aliphatic heterocycles. The van der Waals surface area contributed by atoms with Crippen LogP contribution in [0.5, 0.6) is 0 Å². The van der Waals surface area contributed by atoms with Gasteiger partial charge in [-0.2, -0.15) is 11.8 Å². The Labute approximate surface area is 182 Å². The average Bonchev–Trinajstić information content (AvgIpc) is 2.63. The minimum atomic E-state index is 0. The van der Waals surface area contributed by atoms with E-state index in [0.29, 0.717) is 18.0 Å². The molecule has 1 fully saturated rings. The summed E-state index contributed by atoms with van der Waals surface area (Å²) >= 11 is 8.23. The van der Waals surface area contributed by atoms with Gasteiger partial charge in [0.25, 0.3) is 0 Å². The van der Waals surface area contributed by atoms with Crippen LogP contribution in [0.1, 0.15) is 12.0 Å². The van der Waals surface area contributed by atoms with E-state index in [2.05, 4.69) is 28.1 Å². The lowest BCUT2D eigenvalue weighted by Gasteiger charge is -2.22. The molecule has 1 heterocycles. The first kappa shape index (κ1) is 23.9. The van der Waals surface area contributed by atoms with Crippen LogP contribution in [0.25, 0.3) is 0 Å². The van der Waals surface area contributed by atoms with Gasteiger partial charge in [0, 0.05) is 42.7 Å². The highest BCUT2D eigenvalue weighted by Crippen LogP contribution is 2.26. The summed E-state index contributed by atoms with van der Waals surface area (Å²) < 4.78 is 0. The molecule has 8 heteroatoms. The zero-order valence-corrected chi connectivity index (χ0v) is 17.9. The summed E-state index contributed by atoms with van der Waals surface area (Å²) in [5.74, 6) is 2.11. The maximum absolute atomic E-state index is 12.2. The number of hydrogen-bond acceptors (Lipinski definition) is 4. The Balaban J connectivity index is 0.00000182. The molecule has 0 aromatic heterocycles. The maximum atomic E-state index is 12.2. The average molecular weight is 449 g/mol. The van der Waals surface area contributed by atoms with Crippen molar-refractivity contribution in [1.29, 1.82) is 0 Å². The van der Waals surface area contributed by atoms with E-state index in [1.165, 1.54) is 5.56 Å². The number of halogens is 3. The van der Waals surface area contributed by atoms with Gasteiger partial charge in [-0.1, -0.05) is 41.9 Å². The summed E-state index contributed by atoms with van der Waals surface area (Å²) in [6, 6.07) is 16.0. The van der Waals surface area contributed by atoms with Gasteiger partial charge in [-0.3, -0.25) is 4.79 Å². The van der Waals surface area contributed by atoms with E-state index < -0.39 is 0 Å². The molecule has 27 heavy (non-hydrogen) atoms. The van der Waals surface area contributed by atoms with Crippen LogP contribution >= 0.6 is 48.2 Å². The van der Waals surface area contributed by atoms with Crippen LogP contribution < -0.4 is 16.0 Å². The van der Waals surface area contributed by atoms with Crippen LogP contribution in [-0.2, 0) is 11.3 Å². The van der Waals surface area contributed by atoms with Gasteiger partial charge in [-0.25, -0.2) is 0 Å². The lowest BCUT2D eigenvalue weighted by Crippen LogP contribution is -2.39. The van der Waals surface area contributed by atoms with E-state index in [9.17, 15) is 4.79 Å². The molecule has 1 atom stereocenters. The predicted molar refractivity (Wildman–Crippen MR) is 122 cm³/mol. The second kappa shape index (κ2) is 12.4. The molecule has 4 nitrogen and oxygen atoms in total. The third-order valence-electron chi connectivity index (χ3n) is 4.01. The van der Waals surface area contributed by atoms with Crippen molar-refractivity contribution in [3.05, 3.63) is 59.1 Å².